The number of aromatic amines is 1. The Bertz CT molecular complexity index is 1520. The van der Waals surface area contributed by atoms with E-state index in [0.29, 0.717) is 37.1 Å². The Morgan fingerprint density at radius 3 is 2.24 bits per heavy atom. The number of aromatic nitrogens is 1. The molecule has 4 fully saturated rings. The molecule has 3 aromatic rings. The van der Waals surface area contributed by atoms with Crippen LogP contribution in [0.2, 0.25) is 0 Å². The number of hydrogen-bond acceptors (Lipinski definition) is 5. The van der Waals surface area contributed by atoms with Crippen molar-refractivity contribution in [3.63, 3.8) is 0 Å². The Morgan fingerprint density at radius 2 is 1.54 bits per heavy atom. The molecule has 10 heteroatoms. The maximum Gasteiger partial charge on any atom is 0.407 e. The fourth-order valence-corrected chi connectivity index (χ4v) is 8.40. The smallest absolute Gasteiger partial charge is 0.407 e. The number of rotatable bonds is 14. The highest BCUT2D eigenvalue weighted by molar-refractivity contribution is 5.93. The molecule has 46 heavy (non-hydrogen) atoms. The first-order chi connectivity index (χ1) is 22.3. The molecule has 0 spiro atoms. The Kier molecular flexibility index (Phi) is 9.61. The number of fused-ring (bicyclic) bond motifs is 1. The van der Waals surface area contributed by atoms with Crippen LogP contribution in [0.4, 0.5) is 4.79 Å². The second-order valence-corrected chi connectivity index (χ2v) is 13.7. The van der Waals surface area contributed by atoms with E-state index in [1.165, 1.54) is 19.3 Å². The van der Waals surface area contributed by atoms with Crippen LogP contribution in [0, 0.1) is 23.2 Å². The predicted octanol–water partition coefficient (Wildman–Crippen LogP) is 5.08. The molecule has 4 aliphatic carbocycles. The van der Waals surface area contributed by atoms with Crippen LogP contribution in [0.1, 0.15) is 68.9 Å². The zero-order valence-corrected chi connectivity index (χ0v) is 26.1. The lowest BCUT2D eigenvalue weighted by Gasteiger charge is -2.55. The van der Waals surface area contributed by atoms with Crippen molar-refractivity contribution >= 4 is 34.8 Å². The molecule has 1 aromatic heterocycles. The number of carboxylic acids is 1. The number of alkyl carbamates (subject to hydrolysis) is 1. The fraction of sp³-hybridized carbons (Fsp3) is 0.500. The minimum atomic E-state index is -1.14. The molecule has 1 heterocycles. The lowest BCUT2D eigenvalue weighted by molar-refractivity contribution is -0.149. The van der Waals surface area contributed by atoms with Crippen molar-refractivity contribution in [1.82, 2.24) is 20.9 Å². The van der Waals surface area contributed by atoms with Crippen molar-refractivity contribution in [1.29, 1.82) is 0 Å². The monoisotopic (exact) mass is 628 g/mol. The molecule has 10 nitrogen and oxygen atoms in total. The summed E-state index contributed by atoms with van der Waals surface area (Å²) in [4.78, 5) is 55.2. The van der Waals surface area contributed by atoms with Gasteiger partial charge in [0.1, 0.15) is 18.7 Å². The summed E-state index contributed by atoms with van der Waals surface area (Å²) in [5.74, 6) is 0.0300. The van der Waals surface area contributed by atoms with Gasteiger partial charge in [-0.1, -0.05) is 48.5 Å². The van der Waals surface area contributed by atoms with Gasteiger partial charge in [-0.15, -0.1) is 0 Å². The van der Waals surface area contributed by atoms with Crippen LogP contribution in [0.5, 0.6) is 0 Å². The molecule has 2 unspecified atom stereocenters. The molecule has 3 amide bonds. The van der Waals surface area contributed by atoms with Crippen LogP contribution in [0.3, 0.4) is 0 Å². The molecule has 2 aromatic carbocycles. The highest BCUT2D eigenvalue weighted by atomic mass is 16.5. The number of carboxylic acid groups (broad SMARTS) is 1. The largest absolute Gasteiger partial charge is 0.480 e. The summed E-state index contributed by atoms with van der Waals surface area (Å²) in [6.45, 7) is 0.483. The Labute approximate surface area is 269 Å². The zero-order valence-electron chi connectivity index (χ0n) is 26.1. The topological polar surface area (TPSA) is 150 Å². The Balaban J connectivity index is 1.06. The van der Waals surface area contributed by atoms with E-state index in [0.717, 1.165) is 41.3 Å². The number of nitrogens with one attached hydrogen (secondary N) is 4. The average molecular weight is 629 g/mol. The van der Waals surface area contributed by atoms with Gasteiger partial charge in [0.05, 0.1) is 0 Å². The van der Waals surface area contributed by atoms with Gasteiger partial charge in [0, 0.05) is 35.5 Å². The van der Waals surface area contributed by atoms with E-state index in [1.54, 1.807) is 0 Å². The maximum atomic E-state index is 14.0. The third-order valence-corrected chi connectivity index (χ3v) is 10.3. The van der Waals surface area contributed by atoms with Gasteiger partial charge in [0.25, 0.3) is 0 Å². The van der Waals surface area contributed by atoms with Crippen LogP contribution < -0.4 is 16.0 Å². The summed E-state index contributed by atoms with van der Waals surface area (Å²) in [6.07, 6.45) is 8.96. The van der Waals surface area contributed by atoms with Crippen LogP contribution in [-0.4, -0.2) is 52.6 Å². The Morgan fingerprint density at radius 1 is 0.870 bits per heavy atom. The quantitative estimate of drug-likeness (QED) is 0.157. The second kappa shape index (κ2) is 14.0. The molecule has 2 atom stereocenters. The summed E-state index contributed by atoms with van der Waals surface area (Å²) in [6, 6.07) is 15.1. The van der Waals surface area contributed by atoms with Gasteiger partial charge in [0.2, 0.25) is 11.8 Å². The van der Waals surface area contributed by atoms with Crippen LogP contribution >= 0.6 is 0 Å². The fourth-order valence-electron chi connectivity index (χ4n) is 8.40. The molecule has 0 aliphatic heterocycles. The molecule has 4 saturated carbocycles. The molecule has 0 saturated heterocycles. The van der Waals surface area contributed by atoms with E-state index < -0.39 is 35.5 Å². The number of hydrogen-bond donors (Lipinski definition) is 5. The van der Waals surface area contributed by atoms with Crippen molar-refractivity contribution in [2.75, 3.05) is 6.54 Å². The standard InChI is InChI=1S/C36H44N4O6/c41-32(39-30(33(42)43)12-6-7-13-37-35(45)46-22-23-8-2-1-3-9-23)31(17-27-21-38-29-11-5-4-10-28(27)29)40-34(44)36-18-24-14-25(19-36)16-26(15-24)20-36/h1-5,8-11,21,24-26,30-31,38H,6-7,12-20,22H2,(H,37,45)(H,39,41)(H,40,44)(H,42,43). The van der Waals surface area contributed by atoms with Crippen molar-refractivity contribution < 1.29 is 29.0 Å². The first-order valence-corrected chi connectivity index (χ1v) is 16.6. The first kappa shape index (κ1) is 31.6. The van der Waals surface area contributed by atoms with E-state index in [9.17, 15) is 24.3 Å². The van der Waals surface area contributed by atoms with E-state index >= 15 is 0 Å². The minimum Gasteiger partial charge on any atom is -0.480 e. The van der Waals surface area contributed by atoms with Crippen molar-refractivity contribution in [3.05, 3.63) is 71.9 Å². The molecule has 4 aliphatic rings. The number of benzene rings is 2. The number of unbranched alkanes of at least 4 members (excludes halogenated alkanes) is 1. The number of carbonyl (C=O) groups excluding carboxylic acids is 3. The van der Waals surface area contributed by atoms with Crippen LogP contribution in [0.25, 0.3) is 10.9 Å². The van der Waals surface area contributed by atoms with E-state index in [-0.39, 0.29) is 25.4 Å². The molecule has 4 bridgehead atoms. The van der Waals surface area contributed by atoms with Crippen molar-refractivity contribution in [2.45, 2.75) is 82.9 Å². The van der Waals surface area contributed by atoms with E-state index in [4.69, 9.17) is 4.74 Å². The highest BCUT2D eigenvalue weighted by Gasteiger charge is 2.55. The summed E-state index contributed by atoms with van der Waals surface area (Å²) < 4.78 is 5.21. The van der Waals surface area contributed by atoms with Crippen molar-refractivity contribution in [2.24, 2.45) is 23.2 Å². The predicted molar refractivity (Wildman–Crippen MR) is 173 cm³/mol. The molecular weight excluding hydrogens is 584 g/mol. The number of amides is 3. The number of H-pyrrole nitrogens is 1. The Hall–Kier alpha value is -4.34. The lowest BCUT2D eigenvalue weighted by atomic mass is 9.49. The van der Waals surface area contributed by atoms with E-state index in [2.05, 4.69) is 20.9 Å². The summed E-state index contributed by atoms with van der Waals surface area (Å²) in [5, 5.41) is 19.4. The normalized spacial score (nSPS) is 24.2. The van der Waals surface area contributed by atoms with Gasteiger partial charge in [-0.05, 0) is 92.7 Å². The molecule has 7 rings (SSSR count). The number of ether oxygens (including phenoxy) is 1. The number of carbonyl (C=O) groups is 4. The summed E-state index contributed by atoms with van der Waals surface area (Å²) in [7, 11) is 0. The lowest BCUT2D eigenvalue weighted by Crippen LogP contribution is -2.58. The molecule has 244 valence electrons. The van der Waals surface area contributed by atoms with E-state index in [1.807, 2.05) is 60.8 Å². The molecular formula is C36H44N4O6. The summed E-state index contributed by atoms with van der Waals surface area (Å²) >= 11 is 0. The van der Waals surface area contributed by atoms with Gasteiger partial charge in [0.15, 0.2) is 0 Å². The number of aliphatic carboxylic acids is 1. The minimum absolute atomic E-state index is 0.0660. The van der Waals surface area contributed by atoms with Crippen LogP contribution in [-0.2, 0) is 32.1 Å². The first-order valence-electron chi connectivity index (χ1n) is 16.6. The third kappa shape index (κ3) is 7.37. The number of para-hydroxylation sites is 1. The van der Waals surface area contributed by atoms with Gasteiger partial charge in [-0.25, -0.2) is 9.59 Å². The van der Waals surface area contributed by atoms with Gasteiger partial charge < -0.3 is 30.8 Å². The highest BCUT2D eigenvalue weighted by Crippen LogP contribution is 2.60. The maximum absolute atomic E-state index is 14.0. The van der Waals surface area contributed by atoms with Gasteiger partial charge in [-0.3, -0.25) is 9.59 Å². The van der Waals surface area contributed by atoms with Gasteiger partial charge >= 0.3 is 12.1 Å². The van der Waals surface area contributed by atoms with Gasteiger partial charge in [-0.2, -0.15) is 0 Å². The second-order valence-electron chi connectivity index (χ2n) is 13.7. The third-order valence-electron chi connectivity index (χ3n) is 10.3. The average Bonchev–Trinajstić information content (AvgIpc) is 3.45. The zero-order chi connectivity index (χ0) is 32.1. The summed E-state index contributed by atoms with van der Waals surface area (Å²) in [5.41, 5.74) is 2.27. The van der Waals surface area contributed by atoms with Crippen molar-refractivity contribution in [3.8, 4) is 0 Å². The molecule has 0 radical (unpaired) electrons. The SMILES string of the molecule is O=C(NCCCCC(NC(=O)C(Cc1c[nH]c2ccccc12)NC(=O)C12CC3CC(CC(C3)C1)C2)C(=O)O)OCc1ccccc1. The van der Waals surface area contributed by atoms with Crippen LogP contribution in [0.15, 0.2) is 60.8 Å². The molecule has 5 N–H and O–H groups in total.